The minimum Gasteiger partial charge on any atom is -0.336 e. The minimum atomic E-state index is -1.50. The molecule has 1 atom stereocenters. The number of benzene rings is 2. The average Bonchev–Trinajstić information content (AvgIpc) is 3.17. The van der Waals surface area contributed by atoms with Crippen molar-refractivity contribution < 1.29 is 10.3 Å². The van der Waals surface area contributed by atoms with Crippen molar-refractivity contribution in [1.29, 1.82) is 0 Å². The highest BCUT2D eigenvalue weighted by Gasteiger charge is 2.13. The average molecular weight is 475 g/mol. The van der Waals surface area contributed by atoms with Crippen LogP contribution in [0.1, 0.15) is 12.0 Å². The van der Waals surface area contributed by atoms with Crippen molar-refractivity contribution in [3.05, 3.63) is 91.9 Å². The molecule has 0 saturated carbocycles. The Kier molecular flexibility index (Phi) is 9.60. The molecule has 1 heterocycles. The van der Waals surface area contributed by atoms with E-state index in [0.717, 1.165) is 29.3 Å². The maximum absolute atomic E-state index is 8.36. The van der Waals surface area contributed by atoms with E-state index in [1.54, 1.807) is 6.20 Å². The van der Waals surface area contributed by atoms with Crippen molar-refractivity contribution in [3.8, 4) is 0 Å². The van der Waals surface area contributed by atoms with Gasteiger partial charge in [0.2, 0.25) is 0 Å². The first-order valence-electron chi connectivity index (χ1n) is 8.48. The maximum Gasteiger partial charge on any atom is 0.291 e. The van der Waals surface area contributed by atoms with Gasteiger partial charge in [-0.15, -0.1) is 21.9 Å². The van der Waals surface area contributed by atoms with E-state index in [-0.39, 0.29) is 0 Å². The lowest BCUT2D eigenvalue weighted by Crippen LogP contribution is -2.13. The summed E-state index contributed by atoms with van der Waals surface area (Å²) < 4.78 is 2.11. The second-order valence-corrected chi connectivity index (χ2v) is 8.60. The molecule has 1 N–H and O–H groups in total. The van der Waals surface area contributed by atoms with Crippen molar-refractivity contribution in [2.24, 2.45) is 0 Å². The molecular formula is C19H18Cl3N3O3S. The van der Waals surface area contributed by atoms with Gasteiger partial charge in [-0.2, -0.15) is 0 Å². The molecule has 154 valence electrons. The normalized spacial score (nSPS) is 11.4. The fourth-order valence-electron chi connectivity index (χ4n) is 2.54. The van der Waals surface area contributed by atoms with E-state index in [1.807, 2.05) is 54.6 Å². The molecule has 1 unspecified atom stereocenters. The summed E-state index contributed by atoms with van der Waals surface area (Å²) in [4.78, 5) is 13.6. The molecule has 0 radical (unpaired) electrons. The van der Waals surface area contributed by atoms with Gasteiger partial charge in [0.05, 0.1) is 16.4 Å². The van der Waals surface area contributed by atoms with Crippen molar-refractivity contribution in [2.75, 3.05) is 0 Å². The SMILES string of the molecule is Clc1ccc(CCC(Cn2ccnc2)Sc2ccc(Cl)c(Cl)c2)cc1.O=[N+]([O-])O. The Balaban J connectivity index is 0.000000687. The van der Waals surface area contributed by atoms with Crippen molar-refractivity contribution in [3.63, 3.8) is 0 Å². The molecule has 0 aliphatic heterocycles. The zero-order valence-electron chi connectivity index (χ0n) is 15.1. The van der Waals surface area contributed by atoms with Gasteiger partial charge in [0.15, 0.2) is 0 Å². The van der Waals surface area contributed by atoms with Gasteiger partial charge in [-0.1, -0.05) is 46.9 Å². The monoisotopic (exact) mass is 473 g/mol. The van der Waals surface area contributed by atoms with Gasteiger partial charge in [0.1, 0.15) is 0 Å². The molecular weight excluding hydrogens is 457 g/mol. The summed E-state index contributed by atoms with van der Waals surface area (Å²) in [5.41, 5.74) is 1.29. The van der Waals surface area contributed by atoms with Crippen LogP contribution in [-0.2, 0) is 13.0 Å². The summed E-state index contributed by atoms with van der Waals surface area (Å²) in [6.07, 6.45) is 7.67. The number of aryl methyl sites for hydroxylation is 1. The first-order valence-corrected chi connectivity index (χ1v) is 10.5. The van der Waals surface area contributed by atoms with Gasteiger partial charge < -0.3 is 9.77 Å². The van der Waals surface area contributed by atoms with Crippen LogP contribution in [-0.4, -0.2) is 25.1 Å². The largest absolute Gasteiger partial charge is 0.336 e. The van der Waals surface area contributed by atoms with Crippen LogP contribution in [0.3, 0.4) is 0 Å². The predicted octanol–water partition coefficient (Wildman–Crippen LogP) is 6.29. The van der Waals surface area contributed by atoms with Crippen LogP contribution in [0, 0.1) is 10.1 Å². The van der Waals surface area contributed by atoms with Gasteiger partial charge in [-0.25, -0.2) is 4.98 Å². The van der Waals surface area contributed by atoms with E-state index in [4.69, 9.17) is 50.1 Å². The minimum absolute atomic E-state index is 0.391. The summed E-state index contributed by atoms with van der Waals surface area (Å²) in [7, 11) is 0. The highest BCUT2D eigenvalue weighted by atomic mass is 35.5. The summed E-state index contributed by atoms with van der Waals surface area (Å²) in [5.74, 6) is 0. The van der Waals surface area contributed by atoms with Crippen molar-refractivity contribution in [2.45, 2.75) is 29.5 Å². The molecule has 3 aromatic rings. The molecule has 1 aromatic heterocycles. The van der Waals surface area contributed by atoms with E-state index in [1.165, 1.54) is 5.56 Å². The van der Waals surface area contributed by atoms with Crippen LogP contribution in [0.15, 0.2) is 66.1 Å². The van der Waals surface area contributed by atoms with Crippen LogP contribution in [0.2, 0.25) is 15.1 Å². The standard InChI is InChI=1S/C19H17Cl3N2S.HNO3/c20-15-4-1-14(2-5-15)3-6-17(12-24-10-9-23-13-24)25-16-7-8-18(21)19(22)11-16;2-1(3)4/h1-2,4-5,7-11,13,17H,3,6,12H2;(H,2,3,4). The smallest absolute Gasteiger partial charge is 0.291 e. The van der Waals surface area contributed by atoms with Gasteiger partial charge in [-0.05, 0) is 48.7 Å². The Hall–Kier alpha value is -1.93. The van der Waals surface area contributed by atoms with Crippen LogP contribution < -0.4 is 0 Å². The number of aromatic nitrogens is 2. The van der Waals surface area contributed by atoms with E-state index in [2.05, 4.69) is 21.7 Å². The molecule has 0 spiro atoms. The highest BCUT2D eigenvalue weighted by molar-refractivity contribution is 8.00. The zero-order valence-corrected chi connectivity index (χ0v) is 18.2. The third kappa shape index (κ3) is 8.95. The number of rotatable bonds is 7. The number of nitrogens with zero attached hydrogens (tertiary/aromatic N) is 3. The Morgan fingerprint density at radius 1 is 1.14 bits per heavy atom. The van der Waals surface area contributed by atoms with E-state index >= 15 is 0 Å². The molecule has 0 fully saturated rings. The fourth-order valence-corrected chi connectivity index (χ4v) is 4.23. The van der Waals surface area contributed by atoms with E-state index in [0.29, 0.717) is 15.3 Å². The first-order chi connectivity index (χ1) is 13.8. The lowest BCUT2D eigenvalue weighted by atomic mass is 10.1. The third-order valence-electron chi connectivity index (χ3n) is 3.84. The zero-order chi connectivity index (χ0) is 21.2. The molecule has 6 nitrogen and oxygen atoms in total. The Bertz CT molecular complexity index is 905. The first kappa shape index (κ1) is 23.3. The van der Waals surface area contributed by atoms with Crippen LogP contribution in [0.5, 0.6) is 0 Å². The van der Waals surface area contributed by atoms with Crippen molar-refractivity contribution >= 4 is 46.6 Å². The van der Waals surface area contributed by atoms with Gasteiger partial charge >= 0.3 is 0 Å². The molecule has 0 bridgehead atoms. The highest BCUT2D eigenvalue weighted by Crippen LogP contribution is 2.32. The number of thioether (sulfide) groups is 1. The summed E-state index contributed by atoms with van der Waals surface area (Å²) >= 11 is 20.0. The summed E-state index contributed by atoms with van der Waals surface area (Å²) in [6, 6.07) is 13.8. The number of halogens is 3. The van der Waals surface area contributed by atoms with Gasteiger partial charge in [-0.3, -0.25) is 0 Å². The lowest BCUT2D eigenvalue weighted by Gasteiger charge is -2.18. The molecule has 0 amide bonds. The fraction of sp³-hybridized carbons (Fsp3) is 0.211. The molecule has 2 aromatic carbocycles. The molecule has 3 rings (SSSR count). The maximum atomic E-state index is 8.36. The van der Waals surface area contributed by atoms with E-state index < -0.39 is 5.09 Å². The lowest BCUT2D eigenvalue weighted by molar-refractivity contribution is -0.742. The predicted molar refractivity (Wildman–Crippen MR) is 117 cm³/mol. The summed E-state index contributed by atoms with van der Waals surface area (Å²) in [5, 5.41) is 16.0. The molecule has 10 heteroatoms. The van der Waals surface area contributed by atoms with Gasteiger partial charge in [0, 0.05) is 34.1 Å². The Morgan fingerprint density at radius 3 is 2.41 bits per heavy atom. The van der Waals surface area contributed by atoms with E-state index in [9.17, 15) is 0 Å². The quantitative estimate of drug-likeness (QED) is 0.247. The molecule has 0 aliphatic rings. The van der Waals surface area contributed by atoms with Crippen molar-refractivity contribution in [1.82, 2.24) is 9.55 Å². The molecule has 29 heavy (non-hydrogen) atoms. The second-order valence-electron chi connectivity index (χ2n) is 5.98. The Labute approximate surface area is 187 Å². The van der Waals surface area contributed by atoms with Crippen LogP contribution in [0.4, 0.5) is 0 Å². The number of hydrogen-bond donors (Lipinski definition) is 1. The van der Waals surface area contributed by atoms with Crippen LogP contribution >= 0.6 is 46.6 Å². The second kappa shape index (κ2) is 11.9. The third-order valence-corrected chi connectivity index (χ3v) is 6.07. The van der Waals surface area contributed by atoms with Gasteiger partial charge in [0.25, 0.3) is 5.09 Å². The van der Waals surface area contributed by atoms with Crippen LogP contribution in [0.25, 0.3) is 0 Å². The summed E-state index contributed by atoms with van der Waals surface area (Å²) in [6.45, 7) is 0.887. The molecule has 0 saturated heterocycles. The number of hydrogen-bond acceptors (Lipinski definition) is 4. The molecule has 0 aliphatic carbocycles. The number of imidazole rings is 1. The Morgan fingerprint density at radius 2 is 1.83 bits per heavy atom. The topological polar surface area (TPSA) is 81.2 Å².